The van der Waals surface area contributed by atoms with E-state index >= 15 is 0 Å². The van der Waals surface area contributed by atoms with Crippen molar-refractivity contribution in [2.75, 3.05) is 0 Å². The summed E-state index contributed by atoms with van der Waals surface area (Å²) >= 11 is 6.00. The van der Waals surface area contributed by atoms with E-state index in [9.17, 15) is 9.50 Å². The van der Waals surface area contributed by atoms with Gasteiger partial charge in [-0.1, -0.05) is 17.7 Å². The van der Waals surface area contributed by atoms with Crippen molar-refractivity contribution in [2.24, 2.45) is 0 Å². The highest BCUT2D eigenvalue weighted by molar-refractivity contribution is 6.31. The maximum atomic E-state index is 13.0. The molecule has 2 nitrogen and oxygen atoms in total. The molecular formula is C14H18ClFO2. The fourth-order valence-electron chi connectivity index (χ4n) is 2.81. The van der Waals surface area contributed by atoms with Gasteiger partial charge in [0.2, 0.25) is 0 Å². The largest absolute Gasteiger partial charge is 0.389 e. The van der Waals surface area contributed by atoms with E-state index in [1.165, 1.54) is 12.1 Å². The number of ether oxygens (including phenoxy) is 1. The van der Waals surface area contributed by atoms with E-state index in [1.54, 1.807) is 6.07 Å². The Hall–Kier alpha value is -0.640. The normalized spacial score (nSPS) is 32.5. The van der Waals surface area contributed by atoms with Crippen LogP contribution in [-0.4, -0.2) is 22.9 Å². The summed E-state index contributed by atoms with van der Waals surface area (Å²) in [5, 5.41) is 11.0. The minimum absolute atomic E-state index is 0.0259. The summed E-state index contributed by atoms with van der Waals surface area (Å²) in [6, 6.07) is 4.30. The van der Waals surface area contributed by atoms with Gasteiger partial charge in [0.15, 0.2) is 0 Å². The van der Waals surface area contributed by atoms with Crippen molar-refractivity contribution < 1.29 is 14.2 Å². The molecule has 1 heterocycles. The molecule has 18 heavy (non-hydrogen) atoms. The molecule has 1 aliphatic heterocycles. The van der Waals surface area contributed by atoms with Gasteiger partial charge in [-0.05, 0) is 31.5 Å². The van der Waals surface area contributed by atoms with E-state index in [4.69, 9.17) is 16.3 Å². The zero-order valence-corrected chi connectivity index (χ0v) is 11.4. The summed E-state index contributed by atoms with van der Waals surface area (Å²) in [7, 11) is 0. The molecule has 100 valence electrons. The Bertz CT molecular complexity index is 426. The molecule has 0 bridgehead atoms. The Kier molecular flexibility index (Phi) is 3.95. The van der Waals surface area contributed by atoms with Crippen molar-refractivity contribution in [3.8, 4) is 0 Å². The minimum Gasteiger partial charge on any atom is -0.389 e. The maximum absolute atomic E-state index is 13.0. The van der Waals surface area contributed by atoms with Crippen LogP contribution in [0.4, 0.5) is 4.39 Å². The first-order valence-electron chi connectivity index (χ1n) is 6.20. The van der Waals surface area contributed by atoms with Crippen molar-refractivity contribution in [1.29, 1.82) is 0 Å². The van der Waals surface area contributed by atoms with Gasteiger partial charge in [-0.2, -0.15) is 0 Å². The molecule has 0 spiro atoms. The van der Waals surface area contributed by atoms with Crippen LogP contribution in [0.2, 0.25) is 5.02 Å². The van der Waals surface area contributed by atoms with Crippen molar-refractivity contribution in [2.45, 2.75) is 50.9 Å². The fraction of sp³-hybridized carbons (Fsp3) is 0.571. The Morgan fingerprint density at radius 1 is 1.39 bits per heavy atom. The standard InChI is InChI=1S/C14H18ClFO2/c1-9-6-14(17,7-10(2)18-9)8-11-3-4-12(16)5-13(11)15/h3-5,9-10,17H,6-8H2,1-2H3. The van der Waals surface area contributed by atoms with Gasteiger partial charge in [-0.25, -0.2) is 4.39 Å². The predicted octanol–water partition coefficient (Wildman–Crippen LogP) is 3.34. The molecule has 1 N–H and O–H groups in total. The van der Waals surface area contributed by atoms with Gasteiger partial charge in [-0.15, -0.1) is 0 Å². The van der Waals surface area contributed by atoms with Crippen LogP contribution in [0.25, 0.3) is 0 Å². The van der Waals surface area contributed by atoms with E-state index in [-0.39, 0.29) is 18.0 Å². The van der Waals surface area contributed by atoms with Gasteiger partial charge in [0.05, 0.1) is 17.8 Å². The first-order valence-corrected chi connectivity index (χ1v) is 6.57. The summed E-state index contributed by atoms with van der Waals surface area (Å²) in [6.07, 6.45) is 1.64. The average molecular weight is 273 g/mol. The van der Waals surface area contributed by atoms with E-state index in [0.29, 0.717) is 24.3 Å². The third-order valence-corrected chi connectivity index (χ3v) is 3.69. The second kappa shape index (κ2) is 5.16. The van der Waals surface area contributed by atoms with E-state index in [0.717, 1.165) is 5.56 Å². The molecule has 0 aromatic heterocycles. The smallest absolute Gasteiger partial charge is 0.124 e. The minimum atomic E-state index is -0.821. The summed E-state index contributed by atoms with van der Waals surface area (Å²) in [4.78, 5) is 0. The third-order valence-electron chi connectivity index (χ3n) is 3.33. The predicted molar refractivity (Wildman–Crippen MR) is 69.3 cm³/mol. The molecule has 1 aliphatic rings. The van der Waals surface area contributed by atoms with Crippen LogP contribution in [0.3, 0.4) is 0 Å². The Labute approximate surface area is 112 Å². The molecule has 0 saturated carbocycles. The van der Waals surface area contributed by atoms with Crippen LogP contribution in [0.15, 0.2) is 18.2 Å². The van der Waals surface area contributed by atoms with Gasteiger partial charge in [0.1, 0.15) is 5.82 Å². The SMILES string of the molecule is CC1CC(O)(Cc2ccc(F)cc2Cl)CC(C)O1. The zero-order chi connectivity index (χ0) is 13.3. The Morgan fingerprint density at radius 2 is 2.00 bits per heavy atom. The van der Waals surface area contributed by atoms with Crippen LogP contribution in [-0.2, 0) is 11.2 Å². The number of hydrogen-bond acceptors (Lipinski definition) is 2. The molecule has 1 saturated heterocycles. The first-order chi connectivity index (χ1) is 8.38. The van der Waals surface area contributed by atoms with Crippen LogP contribution in [0.1, 0.15) is 32.3 Å². The molecular weight excluding hydrogens is 255 g/mol. The second-order valence-corrected chi connectivity index (χ2v) is 5.71. The second-order valence-electron chi connectivity index (χ2n) is 5.30. The quantitative estimate of drug-likeness (QED) is 0.895. The lowest BCUT2D eigenvalue weighted by Crippen LogP contribution is -2.44. The average Bonchev–Trinajstić information content (AvgIpc) is 2.20. The molecule has 2 atom stereocenters. The molecule has 1 aromatic rings. The van der Waals surface area contributed by atoms with E-state index in [1.807, 2.05) is 13.8 Å². The number of halogens is 2. The number of rotatable bonds is 2. The summed E-state index contributed by atoms with van der Waals surface area (Å²) in [6.45, 7) is 3.90. The fourth-order valence-corrected chi connectivity index (χ4v) is 3.04. The summed E-state index contributed by atoms with van der Waals surface area (Å²) in [5.74, 6) is -0.357. The van der Waals surface area contributed by atoms with Crippen LogP contribution in [0.5, 0.6) is 0 Å². The maximum Gasteiger partial charge on any atom is 0.124 e. The first kappa shape index (κ1) is 13.8. The van der Waals surface area contributed by atoms with Gasteiger partial charge in [0.25, 0.3) is 0 Å². The summed E-state index contributed by atoms with van der Waals surface area (Å²) in [5.41, 5.74) is -0.0414. The van der Waals surface area contributed by atoms with Gasteiger partial charge in [0, 0.05) is 24.3 Å². The molecule has 0 amide bonds. The number of aliphatic hydroxyl groups is 1. The van der Waals surface area contributed by atoms with Crippen molar-refractivity contribution in [1.82, 2.24) is 0 Å². The zero-order valence-electron chi connectivity index (χ0n) is 10.6. The lowest BCUT2D eigenvalue weighted by molar-refractivity contribution is -0.130. The van der Waals surface area contributed by atoms with Crippen molar-refractivity contribution >= 4 is 11.6 Å². The van der Waals surface area contributed by atoms with Crippen molar-refractivity contribution in [3.05, 3.63) is 34.6 Å². The molecule has 1 aromatic carbocycles. The highest BCUT2D eigenvalue weighted by atomic mass is 35.5. The Morgan fingerprint density at radius 3 is 2.56 bits per heavy atom. The number of benzene rings is 1. The lowest BCUT2D eigenvalue weighted by Gasteiger charge is -2.39. The van der Waals surface area contributed by atoms with Crippen LogP contribution < -0.4 is 0 Å². The van der Waals surface area contributed by atoms with Crippen molar-refractivity contribution in [3.63, 3.8) is 0 Å². The van der Waals surface area contributed by atoms with E-state index < -0.39 is 5.60 Å². The number of hydrogen-bond donors (Lipinski definition) is 1. The van der Waals surface area contributed by atoms with Crippen LogP contribution in [0, 0.1) is 5.82 Å². The van der Waals surface area contributed by atoms with Crippen LogP contribution >= 0.6 is 11.6 Å². The topological polar surface area (TPSA) is 29.5 Å². The summed E-state index contributed by atoms with van der Waals surface area (Å²) < 4.78 is 18.6. The van der Waals surface area contributed by atoms with Gasteiger partial charge < -0.3 is 9.84 Å². The third kappa shape index (κ3) is 3.22. The molecule has 2 unspecified atom stereocenters. The highest BCUT2D eigenvalue weighted by Gasteiger charge is 2.37. The molecule has 2 rings (SSSR count). The molecule has 1 fully saturated rings. The van der Waals surface area contributed by atoms with Gasteiger partial charge >= 0.3 is 0 Å². The van der Waals surface area contributed by atoms with Gasteiger partial charge in [-0.3, -0.25) is 0 Å². The molecule has 4 heteroatoms. The lowest BCUT2D eigenvalue weighted by atomic mass is 9.82. The molecule has 0 aliphatic carbocycles. The van der Waals surface area contributed by atoms with E-state index in [2.05, 4.69) is 0 Å². The highest BCUT2D eigenvalue weighted by Crippen LogP contribution is 2.33. The Balaban J connectivity index is 2.16. The monoisotopic (exact) mass is 272 g/mol. The molecule has 0 radical (unpaired) electrons.